The van der Waals surface area contributed by atoms with Crippen LogP contribution in [0, 0.1) is 11.3 Å². The van der Waals surface area contributed by atoms with Crippen LogP contribution in [0.25, 0.3) is 0 Å². The quantitative estimate of drug-likeness (QED) is 0.800. The lowest BCUT2D eigenvalue weighted by atomic mass is 9.84. The van der Waals surface area contributed by atoms with Crippen LogP contribution in [0.5, 0.6) is 0 Å². The summed E-state index contributed by atoms with van der Waals surface area (Å²) in [6.45, 7) is 1.79. The number of benzene rings is 1. The first-order valence-electron chi connectivity index (χ1n) is 8.23. The number of carbonyl (C=O) groups excluding carboxylic acids is 1. The number of aryl methyl sites for hydroxylation is 1. The minimum atomic E-state index is 0.266. The molecule has 1 saturated carbocycles. The van der Waals surface area contributed by atoms with E-state index in [1.807, 2.05) is 29.2 Å². The van der Waals surface area contributed by atoms with Gasteiger partial charge in [-0.25, -0.2) is 0 Å². The molecule has 1 heterocycles. The molecule has 0 N–H and O–H groups in total. The summed E-state index contributed by atoms with van der Waals surface area (Å²) in [6.07, 6.45) is 7.43. The van der Waals surface area contributed by atoms with E-state index >= 15 is 0 Å². The molecular weight excluding hydrogens is 272 g/mol. The van der Waals surface area contributed by atoms with E-state index in [0.717, 1.165) is 37.9 Å². The summed E-state index contributed by atoms with van der Waals surface area (Å²) >= 11 is 0. The first-order valence-corrected chi connectivity index (χ1v) is 8.23. The minimum absolute atomic E-state index is 0.266. The number of hydrogen-bond donors (Lipinski definition) is 0. The molecule has 1 aromatic rings. The van der Waals surface area contributed by atoms with Crippen molar-refractivity contribution in [3.63, 3.8) is 0 Å². The van der Waals surface area contributed by atoms with E-state index in [1.165, 1.54) is 19.3 Å². The van der Waals surface area contributed by atoms with E-state index in [9.17, 15) is 4.79 Å². The topological polar surface area (TPSA) is 44.1 Å². The van der Waals surface area contributed by atoms with Gasteiger partial charge >= 0.3 is 0 Å². The van der Waals surface area contributed by atoms with Gasteiger partial charge in [0.1, 0.15) is 0 Å². The third kappa shape index (κ3) is 3.39. The molecule has 1 amide bonds. The maximum atomic E-state index is 12.3. The van der Waals surface area contributed by atoms with Gasteiger partial charge in [0.2, 0.25) is 5.91 Å². The van der Waals surface area contributed by atoms with Crippen LogP contribution in [0.2, 0.25) is 0 Å². The van der Waals surface area contributed by atoms with Gasteiger partial charge in [0.25, 0.3) is 0 Å². The van der Waals surface area contributed by atoms with Crippen molar-refractivity contribution in [2.75, 3.05) is 13.1 Å². The van der Waals surface area contributed by atoms with E-state index in [4.69, 9.17) is 5.26 Å². The Hall–Kier alpha value is -2.08. The van der Waals surface area contributed by atoms with E-state index in [2.05, 4.69) is 6.07 Å². The first-order chi connectivity index (χ1) is 10.8. The third-order valence-corrected chi connectivity index (χ3v) is 4.89. The summed E-state index contributed by atoms with van der Waals surface area (Å²) in [5, 5.41) is 8.78. The van der Waals surface area contributed by atoms with Gasteiger partial charge in [-0.3, -0.25) is 4.79 Å². The van der Waals surface area contributed by atoms with E-state index < -0.39 is 0 Å². The molecule has 2 fully saturated rings. The van der Waals surface area contributed by atoms with Gasteiger partial charge in [-0.1, -0.05) is 23.3 Å². The fourth-order valence-electron chi connectivity index (χ4n) is 3.24. The Balaban J connectivity index is 1.47. The Morgan fingerprint density at radius 1 is 1.05 bits per heavy atom. The highest BCUT2D eigenvalue weighted by Crippen LogP contribution is 2.33. The molecule has 2 aliphatic rings. The molecule has 22 heavy (non-hydrogen) atoms. The van der Waals surface area contributed by atoms with Crippen LogP contribution in [0.3, 0.4) is 0 Å². The molecule has 1 saturated heterocycles. The monoisotopic (exact) mass is 294 g/mol. The second-order valence-corrected chi connectivity index (χ2v) is 6.25. The third-order valence-electron chi connectivity index (χ3n) is 4.89. The minimum Gasteiger partial charge on any atom is -0.342 e. The van der Waals surface area contributed by atoms with Gasteiger partial charge in [0, 0.05) is 19.5 Å². The molecule has 3 heteroatoms. The maximum absolute atomic E-state index is 12.3. The molecule has 0 aromatic heterocycles. The smallest absolute Gasteiger partial charge is 0.222 e. The van der Waals surface area contributed by atoms with Crippen LogP contribution < -0.4 is 0 Å². The number of piperidine rings is 1. The molecule has 0 bridgehead atoms. The van der Waals surface area contributed by atoms with Crippen molar-refractivity contribution >= 4 is 5.91 Å². The molecule has 0 spiro atoms. The number of likely N-dealkylation sites (tertiary alicyclic amines) is 1. The summed E-state index contributed by atoms with van der Waals surface area (Å²) in [6, 6.07) is 9.64. The maximum Gasteiger partial charge on any atom is 0.222 e. The Morgan fingerprint density at radius 3 is 2.23 bits per heavy atom. The second kappa shape index (κ2) is 6.79. The zero-order valence-corrected chi connectivity index (χ0v) is 13.0. The lowest BCUT2D eigenvalue weighted by Gasteiger charge is -2.32. The lowest BCUT2D eigenvalue weighted by Crippen LogP contribution is -2.37. The Bertz CT molecular complexity index is 606. The molecule has 1 aliphatic heterocycles. The highest BCUT2D eigenvalue weighted by Gasteiger charge is 2.22. The summed E-state index contributed by atoms with van der Waals surface area (Å²) in [7, 11) is 0. The standard InChI is InChI=1S/C19H22N2O/c20-14-16-6-4-15(5-7-16)8-9-19(22)21-12-10-18(11-13-21)17-2-1-3-17/h4-7H,1-3,8-13H2. The molecule has 114 valence electrons. The number of hydrogen-bond acceptors (Lipinski definition) is 2. The Kier molecular flexibility index (Phi) is 4.58. The Morgan fingerprint density at radius 2 is 1.68 bits per heavy atom. The summed E-state index contributed by atoms with van der Waals surface area (Å²) in [5.41, 5.74) is 5.09. The van der Waals surface area contributed by atoms with Crippen molar-refractivity contribution in [2.24, 2.45) is 0 Å². The molecule has 3 rings (SSSR count). The largest absolute Gasteiger partial charge is 0.342 e. The fraction of sp³-hybridized carbons (Fsp3) is 0.474. The normalized spacial score (nSPS) is 17.9. The summed E-state index contributed by atoms with van der Waals surface area (Å²) < 4.78 is 0. The number of nitriles is 1. The molecular formula is C19H22N2O. The van der Waals surface area contributed by atoms with Crippen LogP contribution in [-0.2, 0) is 11.2 Å². The van der Waals surface area contributed by atoms with Gasteiger partial charge in [0.05, 0.1) is 11.6 Å². The molecule has 0 unspecified atom stereocenters. The van der Waals surface area contributed by atoms with Crippen LogP contribution in [0.4, 0.5) is 0 Å². The predicted octanol–water partition coefficient (Wildman–Crippen LogP) is 3.59. The van der Waals surface area contributed by atoms with Gasteiger partial charge in [0.15, 0.2) is 0 Å². The summed E-state index contributed by atoms with van der Waals surface area (Å²) in [4.78, 5) is 14.3. The van der Waals surface area contributed by atoms with Gasteiger partial charge in [-0.15, -0.1) is 0 Å². The predicted molar refractivity (Wildman–Crippen MR) is 86.2 cm³/mol. The van der Waals surface area contributed by atoms with Crippen LogP contribution >= 0.6 is 0 Å². The molecule has 0 radical (unpaired) electrons. The van der Waals surface area contributed by atoms with Crippen molar-refractivity contribution in [3.8, 4) is 6.07 Å². The van der Waals surface area contributed by atoms with E-state index in [0.29, 0.717) is 12.0 Å². The van der Waals surface area contributed by atoms with Crippen LogP contribution in [-0.4, -0.2) is 23.9 Å². The molecule has 3 nitrogen and oxygen atoms in total. The SMILES string of the molecule is N#Cc1ccc(CCC(=O)N2CCC(=C3CCC3)CC2)cc1. The number of amides is 1. The molecule has 0 atom stereocenters. The van der Waals surface area contributed by atoms with Crippen molar-refractivity contribution in [1.29, 1.82) is 5.26 Å². The lowest BCUT2D eigenvalue weighted by molar-refractivity contribution is -0.131. The number of rotatable bonds is 3. The fourth-order valence-corrected chi connectivity index (χ4v) is 3.24. The van der Waals surface area contributed by atoms with Crippen molar-refractivity contribution in [2.45, 2.75) is 44.9 Å². The first kappa shape index (κ1) is 14.8. The van der Waals surface area contributed by atoms with Crippen molar-refractivity contribution < 1.29 is 4.79 Å². The average molecular weight is 294 g/mol. The van der Waals surface area contributed by atoms with Crippen LogP contribution in [0.1, 0.15) is 49.7 Å². The zero-order chi connectivity index (χ0) is 15.4. The molecule has 1 aliphatic carbocycles. The number of nitrogens with zero attached hydrogens (tertiary/aromatic N) is 2. The highest BCUT2D eigenvalue weighted by molar-refractivity contribution is 5.76. The van der Waals surface area contributed by atoms with Gasteiger partial charge in [-0.05, 0) is 56.2 Å². The average Bonchev–Trinajstić information content (AvgIpc) is 2.52. The van der Waals surface area contributed by atoms with Crippen molar-refractivity contribution in [1.82, 2.24) is 4.90 Å². The second-order valence-electron chi connectivity index (χ2n) is 6.25. The number of allylic oxidation sites excluding steroid dienone is 1. The number of carbonyl (C=O) groups is 1. The summed E-state index contributed by atoms with van der Waals surface area (Å²) in [5.74, 6) is 0.266. The Labute approximate surface area is 132 Å². The zero-order valence-electron chi connectivity index (χ0n) is 13.0. The van der Waals surface area contributed by atoms with Crippen molar-refractivity contribution in [3.05, 3.63) is 46.5 Å². The van der Waals surface area contributed by atoms with E-state index in [-0.39, 0.29) is 5.91 Å². The van der Waals surface area contributed by atoms with E-state index in [1.54, 1.807) is 11.1 Å². The van der Waals surface area contributed by atoms with Crippen LogP contribution in [0.15, 0.2) is 35.4 Å². The van der Waals surface area contributed by atoms with Gasteiger partial charge in [-0.2, -0.15) is 5.26 Å². The highest BCUT2D eigenvalue weighted by atomic mass is 16.2. The molecule has 1 aromatic carbocycles. The van der Waals surface area contributed by atoms with Gasteiger partial charge < -0.3 is 4.90 Å².